The van der Waals surface area contributed by atoms with E-state index in [2.05, 4.69) is 31.2 Å². The second-order valence-electron chi connectivity index (χ2n) is 5.91. The number of benzene rings is 2. The van der Waals surface area contributed by atoms with Crippen LogP contribution in [0.25, 0.3) is 22.2 Å². The van der Waals surface area contributed by atoms with Crippen LogP contribution in [0.2, 0.25) is 0 Å². The normalized spacial score (nSPS) is 10.9. The average Bonchev–Trinajstić information content (AvgIpc) is 3.18. The Kier molecular flexibility index (Phi) is 4.74. The summed E-state index contributed by atoms with van der Waals surface area (Å²) >= 11 is 3.36. The first-order valence-corrected chi connectivity index (χ1v) is 9.04. The maximum absolute atomic E-state index is 12.5. The molecule has 0 N–H and O–H groups in total. The van der Waals surface area contributed by atoms with Crippen LogP contribution in [-0.4, -0.2) is 25.9 Å². The SMILES string of the molecule is Cn1nc(C(=O)OCc2nnc(-c3ccc(Br)cc3)o2)c2ccccc2c1=O. The van der Waals surface area contributed by atoms with Crippen molar-refractivity contribution in [2.45, 2.75) is 6.61 Å². The van der Waals surface area contributed by atoms with Gasteiger partial charge in [0.25, 0.3) is 11.4 Å². The van der Waals surface area contributed by atoms with E-state index < -0.39 is 5.97 Å². The van der Waals surface area contributed by atoms with Crippen molar-refractivity contribution >= 4 is 32.7 Å². The van der Waals surface area contributed by atoms with Crippen molar-refractivity contribution in [2.75, 3.05) is 0 Å². The lowest BCUT2D eigenvalue weighted by molar-refractivity contribution is 0.0431. The third-order valence-electron chi connectivity index (χ3n) is 4.03. The van der Waals surface area contributed by atoms with E-state index in [0.717, 1.165) is 14.7 Å². The molecule has 0 aliphatic heterocycles. The van der Waals surface area contributed by atoms with Crippen LogP contribution >= 0.6 is 15.9 Å². The van der Waals surface area contributed by atoms with Gasteiger partial charge in [0.2, 0.25) is 5.89 Å². The molecule has 2 aromatic carbocycles. The second-order valence-corrected chi connectivity index (χ2v) is 6.82. The standard InChI is InChI=1S/C19H13BrN4O4/c1-24-18(25)14-5-3-2-4-13(14)16(23-24)19(26)27-10-15-21-22-17(28-15)11-6-8-12(20)9-7-11/h2-9H,10H2,1H3. The van der Waals surface area contributed by atoms with E-state index in [1.54, 1.807) is 24.3 Å². The largest absolute Gasteiger partial charge is 0.451 e. The van der Waals surface area contributed by atoms with Gasteiger partial charge in [-0.1, -0.05) is 34.1 Å². The fourth-order valence-corrected chi connectivity index (χ4v) is 2.93. The Bertz CT molecular complexity index is 1230. The molecule has 4 rings (SSSR count). The van der Waals surface area contributed by atoms with E-state index in [-0.39, 0.29) is 23.8 Å². The number of nitrogens with zero attached hydrogens (tertiary/aromatic N) is 4. The van der Waals surface area contributed by atoms with E-state index in [1.165, 1.54) is 7.05 Å². The first-order chi connectivity index (χ1) is 13.5. The average molecular weight is 441 g/mol. The Morgan fingerprint density at radius 2 is 1.82 bits per heavy atom. The van der Waals surface area contributed by atoms with Crippen LogP contribution < -0.4 is 5.56 Å². The maximum atomic E-state index is 12.5. The Balaban J connectivity index is 1.54. The van der Waals surface area contributed by atoms with Crippen molar-refractivity contribution in [2.24, 2.45) is 7.05 Å². The number of ether oxygens (including phenoxy) is 1. The summed E-state index contributed by atoms with van der Waals surface area (Å²) in [5, 5.41) is 12.7. The molecule has 0 fully saturated rings. The molecule has 9 heteroatoms. The number of rotatable bonds is 4. The Hall–Kier alpha value is -3.33. The predicted molar refractivity (Wildman–Crippen MR) is 104 cm³/mol. The van der Waals surface area contributed by atoms with Crippen LogP contribution in [0.15, 0.2) is 62.2 Å². The molecular formula is C19H13BrN4O4. The van der Waals surface area contributed by atoms with Gasteiger partial charge in [0.15, 0.2) is 12.3 Å². The van der Waals surface area contributed by atoms with E-state index in [0.29, 0.717) is 16.7 Å². The highest BCUT2D eigenvalue weighted by atomic mass is 79.9. The monoisotopic (exact) mass is 440 g/mol. The minimum absolute atomic E-state index is 0.0466. The second kappa shape index (κ2) is 7.35. The fourth-order valence-electron chi connectivity index (χ4n) is 2.67. The summed E-state index contributed by atoms with van der Waals surface area (Å²) in [6.45, 7) is -0.207. The number of carbonyl (C=O) groups is 1. The highest BCUT2D eigenvalue weighted by molar-refractivity contribution is 9.10. The topological polar surface area (TPSA) is 100 Å². The molecule has 0 saturated carbocycles. The van der Waals surface area contributed by atoms with Crippen molar-refractivity contribution < 1.29 is 13.9 Å². The minimum Gasteiger partial charge on any atom is -0.451 e. The van der Waals surface area contributed by atoms with Crippen molar-refractivity contribution in [3.63, 3.8) is 0 Å². The van der Waals surface area contributed by atoms with Gasteiger partial charge in [-0.15, -0.1) is 10.2 Å². The summed E-state index contributed by atoms with van der Waals surface area (Å²) in [5.41, 5.74) is 0.507. The molecule has 2 aromatic heterocycles. The van der Waals surface area contributed by atoms with Crippen LogP contribution in [0.4, 0.5) is 0 Å². The molecule has 0 unspecified atom stereocenters. The van der Waals surface area contributed by atoms with Gasteiger partial charge in [-0.2, -0.15) is 5.10 Å². The number of esters is 1. The first kappa shape index (κ1) is 18.1. The third kappa shape index (κ3) is 3.44. The minimum atomic E-state index is -0.685. The van der Waals surface area contributed by atoms with Gasteiger partial charge in [-0.25, -0.2) is 9.48 Å². The van der Waals surface area contributed by atoms with Crippen molar-refractivity contribution in [1.29, 1.82) is 0 Å². The molecule has 0 atom stereocenters. The number of halogens is 1. The third-order valence-corrected chi connectivity index (χ3v) is 4.56. The number of aryl methyl sites for hydroxylation is 1. The molecule has 2 heterocycles. The summed E-state index contributed by atoms with van der Waals surface area (Å²) in [4.78, 5) is 24.7. The van der Waals surface area contributed by atoms with Gasteiger partial charge < -0.3 is 9.15 Å². The number of carbonyl (C=O) groups excluding carboxylic acids is 1. The molecule has 8 nitrogen and oxygen atoms in total. The number of aromatic nitrogens is 4. The lowest BCUT2D eigenvalue weighted by atomic mass is 10.1. The Morgan fingerprint density at radius 3 is 2.57 bits per heavy atom. The zero-order valence-electron chi connectivity index (χ0n) is 14.6. The van der Waals surface area contributed by atoms with E-state index in [9.17, 15) is 9.59 Å². The number of hydrogen-bond donors (Lipinski definition) is 0. The van der Waals surface area contributed by atoms with Gasteiger partial charge in [0.05, 0.1) is 5.39 Å². The molecule has 0 aliphatic rings. The zero-order chi connectivity index (χ0) is 19.7. The van der Waals surface area contributed by atoms with Gasteiger partial charge in [0.1, 0.15) is 0 Å². The van der Waals surface area contributed by atoms with Crippen molar-refractivity contribution in [3.8, 4) is 11.5 Å². The van der Waals surface area contributed by atoms with Gasteiger partial charge in [-0.05, 0) is 30.3 Å². The molecule has 0 amide bonds. The number of hydrogen-bond acceptors (Lipinski definition) is 7. The quantitative estimate of drug-likeness (QED) is 0.449. The maximum Gasteiger partial charge on any atom is 0.359 e. The molecule has 4 aromatic rings. The summed E-state index contributed by atoms with van der Waals surface area (Å²) < 4.78 is 12.8. The lowest BCUT2D eigenvalue weighted by Crippen LogP contribution is -2.23. The zero-order valence-corrected chi connectivity index (χ0v) is 16.2. The van der Waals surface area contributed by atoms with Crippen LogP contribution in [0.1, 0.15) is 16.4 Å². The molecule has 0 saturated heterocycles. The van der Waals surface area contributed by atoms with E-state index >= 15 is 0 Å². The van der Waals surface area contributed by atoms with Crippen molar-refractivity contribution in [1.82, 2.24) is 20.0 Å². The molecule has 28 heavy (non-hydrogen) atoms. The van der Waals surface area contributed by atoms with Crippen LogP contribution in [-0.2, 0) is 18.4 Å². The van der Waals surface area contributed by atoms with Gasteiger partial charge in [-0.3, -0.25) is 4.79 Å². The van der Waals surface area contributed by atoms with E-state index in [1.807, 2.05) is 24.3 Å². The smallest absolute Gasteiger partial charge is 0.359 e. The summed E-state index contributed by atoms with van der Waals surface area (Å²) in [7, 11) is 1.48. The van der Waals surface area contributed by atoms with Crippen LogP contribution in [0.5, 0.6) is 0 Å². The van der Waals surface area contributed by atoms with Gasteiger partial charge in [0, 0.05) is 22.5 Å². The summed E-state index contributed by atoms with van der Waals surface area (Å²) in [6.07, 6.45) is 0. The molecule has 0 spiro atoms. The molecule has 0 radical (unpaired) electrons. The fraction of sp³-hybridized carbons (Fsp3) is 0.105. The van der Waals surface area contributed by atoms with Gasteiger partial charge >= 0.3 is 5.97 Å². The number of fused-ring (bicyclic) bond motifs is 1. The molecule has 0 bridgehead atoms. The summed E-state index contributed by atoms with van der Waals surface area (Å²) in [5.74, 6) is -0.209. The highest BCUT2D eigenvalue weighted by Crippen LogP contribution is 2.21. The predicted octanol–water partition coefficient (Wildman–Crippen LogP) is 3.10. The highest BCUT2D eigenvalue weighted by Gasteiger charge is 2.18. The van der Waals surface area contributed by atoms with Crippen LogP contribution in [0.3, 0.4) is 0 Å². The lowest BCUT2D eigenvalue weighted by Gasteiger charge is -2.07. The van der Waals surface area contributed by atoms with Crippen molar-refractivity contribution in [3.05, 3.63) is 74.9 Å². The molecular weight excluding hydrogens is 428 g/mol. The Labute approximate surface area is 166 Å². The summed E-state index contributed by atoms with van der Waals surface area (Å²) in [6, 6.07) is 14.1. The molecule has 0 aliphatic carbocycles. The molecule has 140 valence electrons. The van der Waals surface area contributed by atoms with E-state index in [4.69, 9.17) is 9.15 Å². The first-order valence-electron chi connectivity index (χ1n) is 8.24. The Morgan fingerprint density at radius 1 is 1.11 bits per heavy atom. The van der Waals surface area contributed by atoms with Crippen LogP contribution in [0, 0.1) is 0 Å².